The maximum Gasteiger partial charge on any atom is 0.122 e. The average molecular weight is 321 g/mol. The Morgan fingerprint density at radius 3 is 2.54 bits per heavy atom. The third-order valence-corrected chi connectivity index (χ3v) is 4.10. The zero-order valence-electron chi connectivity index (χ0n) is 14.1. The number of rotatable bonds is 7. The fourth-order valence-corrected chi connectivity index (χ4v) is 2.85. The summed E-state index contributed by atoms with van der Waals surface area (Å²) in [6.07, 6.45) is 4.69. The van der Waals surface area contributed by atoms with E-state index in [2.05, 4.69) is 47.7 Å². The van der Waals surface area contributed by atoms with Gasteiger partial charge in [0.15, 0.2) is 0 Å². The van der Waals surface area contributed by atoms with Crippen LogP contribution in [-0.4, -0.2) is 22.9 Å². The predicted octanol–water partition coefficient (Wildman–Crippen LogP) is 3.60. The molecule has 1 atom stereocenters. The van der Waals surface area contributed by atoms with Crippen molar-refractivity contribution in [3.63, 3.8) is 0 Å². The third-order valence-electron chi connectivity index (χ3n) is 4.10. The SMILES string of the molecule is COc1ccccc1CC(C)NCc1ccccc1-n1cccn1. The molecule has 0 saturated heterocycles. The fourth-order valence-electron chi connectivity index (χ4n) is 2.85. The lowest BCUT2D eigenvalue weighted by Crippen LogP contribution is -2.28. The standard InChI is InChI=1S/C20H23N3O/c1-16(14-17-8-4-6-11-20(17)24-2)21-15-18-9-3-5-10-19(18)23-13-7-12-22-23/h3-13,16,21H,14-15H2,1-2H3. The van der Waals surface area contributed by atoms with Gasteiger partial charge in [-0.05, 0) is 42.7 Å². The summed E-state index contributed by atoms with van der Waals surface area (Å²) in [4.78, 5) is 0. The molecule has 4 nitrogen and oxygen atoms in total. The summed E-state index contributed by atoms with van der Waals surface area (Å²) in [5, 5.41) is 7.94. The van der Waals surface area contributed by atoms with Crippen LogP contribution in [0.1, 0.15) is 18.1 Å². The molecule has 1 N–H and O–H groups in total. The van der Waals surface area contributed by atoms with Gasteiger partial charge in [0, 0.05) is 25.0 Å². The molecule has 0 amide bonds. The summed E-state index contributed by atoms with van der Waals surface area (Å²) >= 11 is 0. The highest BCUT2D eigenvalue weighted by Crippen LogP contribution is 2.19. The largest absolute Gasteiger partial charge is 0.496 e. The molecule has 1 unspecified atom stereocenters. The lowest BCUT2D eigenvalue weighted by atomic mass is 10.1. The molecule has 124 valence electrons. The first-order valence-corrected chi connectivity index (χ1v) is 8.21. The first-order chi connectivity index (χ1) is 11.8. The van der Waals surface area contributed by atoms with E-state index < -0.39 is 0 Å². The molecule has 3 aromatic rings. The number of nitrogens with zero attached hydrogens (tertiary/aromatic N) is 2. The van der Waals surface area contributed by atoms with E-state index in [-0.39, 0.29) is 0 Å². The molecule has 0 spiro atoms. The highest BCUT2D eigenvalue weighted by atomic mass is 16.5. The monoisotopic (exact) mass is 321 g/mol. The van der Waals surface area contributed by atoms with Gasteiger partial charge in [-0.2, -0.15) is 5.10 Å². The first-order valence-electron chi connectivity index (χ1n) is 8.21. The number of nitrogens with one attached hydrogen (secondary N) is 1. The van der Waals surface area contributed by atoms with Crippen LogP contribution in [0.4, 0.5) is 0 Å². The number of para-hydroxylation sites is 2. The van der Waals surface area contributed by atoms with Crippen LogP contribution in [0.5, 0.6) is 5.75 Å². The van der Waals surface area contributed by atoms with Crippen molar-refractivity contribution in [2.75, 3.05) is 7.11 Å². The molecule has 24 heavy (non-hydrogen) atoms. The van der Waals surface area contributed by atoms with E-state index >= 15 is 0 Å². The third kappa shape index (κ3) is 3.84. The number of ether oxygens (including phenoxy) is 1. The van der Waals surface area contributed by atoms with Crippen LogP contribution in [0.2, 0.25) is 0 Å². The highest BCUT2D eigenvalue weighted by molar-refractivity contribution is 5.40. The summed E-state index contributed by atoms with van der Waals surface area (Å²) in [5.74, 6) is 0.947. The van der Waals surface area contributed by atoms with Gasteiger partial charge in [0.05, 0.1) is 12.8 Å². The lowest BCUT2D eigenvalue weighted by Gasteiger charge is -2.17. The van der Waals surface area contributed by atoms with Crippen LogP contribution in [0.25, 0.3) is 5.69 Å². The smallest absolute Gasteiger partial charge is 0.122 e. The van der Waals surface area contributed by atoms with Gasteiger partial charge >= 0.3 is 0 Å². The second kappa shape index (κ2) is 7.79. The quantitative estimate of drug-likeness (QED) is 0.722. The van der Waals surface area contributed by atoms with Crippen molar-refractivity contribution in [1.82, 2.24) is 15.1 Å². The molecular weight excluding hydrogens is 298 g/mol. The van der Waals surface area contributed by atoms with Crippen molar-refractivity contribution in [2.45, 2.75) is 25.9 Å². The molecule has 2 aromatic carbocycles. The number of hydrogen-bond donors (Lipinski definition) is 1. The topological polar surface area (TPSA) is 39.1 Å². The van der Waals surface area contributed by atoms with Crippen LogP contribution in [0, 0.1) is 0 Å². The van der Waals surface area contributed by atoms with Gasteiger partial charge in [0.25, 0.3) is 0 Å². The number of methoxy groups -OCH3 is 1. The molecule has 4 heteroatoms. The summed E-state index contributed by atoms with van der Waals surface area (Å²) in [6, 6.07) is 18.8. The molecule has 0 radical (unpaired) electrons. The summed E-state index contributed by atoms with van der Waals surface area (Å²) < 4.78 is 7.34. The van der Waals surface area contributed by atoms with E-state index in [9.17, 15) is 0 Å². The molecule has 0 aliphatic carbocycles. The van der Waals surface area contributed by atoms with Gasteiger partial charge in [0.2, 0.25) is 0 Å². The minimum absolute atomic E-state index is 0.340. The summed E-state index contributed by atoms with van der Waals surface area (Å²) in [6.45, 7) is 3.00. The van der Waals surface area contributed by atoms with Crippen molar-refractivity contribution in [3.8, 4) is 11.4 Å². The van der Waals surface area contributed by atoms with Crippen LogP contribution in [0.3, 0.4) is 0 Å². The Kier molecular flexibility index (Phi) is 5.29. The Morgan fingerprint density at radius 2 is 1.79 bits per heavy atom. The van der Waals surface area contributed by atoms with Crippen LogP contribution in [0.15, 0.2) is 67.0 Å². The minimum Gasteiger partial charge on any atom is -0.496 e. The van der Waals surface area contributed by atoms with E-state index in [0.717, 1.165) is 24.4 Å². The van der Waals surface area contributed by atoms with Gasteiger partial charge in [-0.15, -0.1) is 0 Å². The van der Waals surface area contributed by atoms with Gasteiger partial charge < -0.3 is 10.1 Å². The molecule has 0 aliphatic heterocycles. The van der Waals surface area contributed by atoms with Gasteiger partial charge in [-0.1, -0.05) is 36.4 Å². The molecule has 3 rings (SSSR count). The van der Waals surface area contributed by atoms with E-state index in [1.807, 2.05) is 35.1 Å². The molecule has 0 bridgehead atoms. The molecule has 1 aromatic heterocycles. The van der Waals surface area contributed by atoms with Crippen molar-refractivity contribution >= 4 is 0 Å². The molecule has 0 fully saturated rings. The highest BCUT2D eigenvalue weighted by Gasteiger charge is 2.09. The maximum atomic E-state index is 5.44. The maximum absolute atomic E-state index is 5.44. The zero-order valence-corrected chi connectivity index (χ0v) is 14.1. The Hall–Kier alpha value is -2.59. The van der Waals surface area contributed by atoms with Crippen molar-refractivity contribution < 1.29 is 4.74 Å². The molecular formula is C20H23N3O. The van der Waals surface area contributed by atoms with E-state index in [0.29, 0.717) is 6.04 Å². The molecule has 0 saturated carbocycles. The van der Waals surface area contributed by atoms with Crippen molar-refractivity contribution in [2.24, 2.45) is 0 Å². The van der Waals surface area contributed by atoms with Crippen LogP contribution >= 0.6 is 0 Å². The number of benzene rings is 2. The fraction of sp³-hybridized carbons (Fsp3) is 0.250. The van der Waals surface area contributed by atoms with Gasteiger partial charge in [0.1, 0.15) is 5.75 Å². The van der Waals surface area contributed by atoms with Crippen LogP contribution in [-0.2, 0) is 13.0 Å². The molecule has 0 aliphatic rings. The summed E-state index contributed by atoms with van der Waals surface area (Å²) in [5.41, 5.74) is 3.56. The van der Waals surface area contributed by atoms with Crippen LogP contribution < -0.4 is 10.1 Å². The Morgan fingerprint density at radius 1 is 1.04 bits per heavy atom. The zero-order chi connectivity index (χ0) is 16.8. The molecule has 1 heterocycles. The van der Waals surface area contributed by atoms with Crippen molar-refractivity contribution in [3.05, 3.63) is 78.1 Å². The van der Waals surface area contributed by atoms with E-state index in [1.165, 1.54) is 11.1 Å². The van der Waals surface area contributed by atoms with E-state index in [1.54, 1.807) is 13.3 Å². The Labute approximate surface area is 143 Å². The summed E-state index contributed by atoms with van der Waals surface area (Å²) in [7, 11) is 1.72. The van der Waals surface area contributed by atoms with E-state index in [4.69, 9.17) is 4.74 Å². The second-order valence-electron chi connectivity index (χ2n) is 5.88. The number of aromatic nitrogens is 2. The normalized spacial score (nSPS) is 12.1. The lowest BCUT2D eigenvalue weighted by molar-refractivity contribution is 0.406. The Bertz CT molecular complexity index is 768. The van der Waals surface area contributed by atoms with Gasteiger partial charge in [-0.25, -0.2) is 4.68 Å². The average Bonchev–Trinajstić information content (AvgIpc) is 3.15. The Balaban J connectivity index is 1.66. The van der Waals surface area contributed by atoms with Gasteiger partial charge in [-0.3, -0.25) is 0 Å². The first kappa shape index (κ1) is 16.3. The van der Waals surface area contributed by atoms with Crippen molar-refractivity contribution in [1.29, 1.82) is 0 Å². The predicted molar refractivity (Wildman–Crippen MR) is 96.6 cm³/mol. The minimum atomic E-state index is 0.340. The number of hydrogen-bond acceptors (Lipinski definition) is 3. The second-order valence-corrected chi connectivity index (χ2v) is 5.88.